The summed E-state index contributed by atoms with van der Waals surface area (Å²) in [6, 6.07) is 5.15. The van der Waals surface area contributed by atoms with Crippen molar-refractivity contribution in [2.24, 2.45) is 0 Å². The van der Waals surface area contributed by atoms with Crippen molar-refractivity contribution in [2.75, 3.05) is 29.9 Å². The first-order valence-electron chi connectivity index (χ1n) is 5.31. The number of hydrogen-bond acceptors (Lipinski definition) is 4. The molecule has 0 radical (unpaired) electrons. The Morgan fingerprint density at radius 3 is 2.76 bits per heavy atom. The van der Waals surface area contributed by atoms with Crippen LogP contribution in [0, 0.1) is 6.92 Å². The molecule has 3 N–H and O–H groups in total. The van der Waals surface area contributed by atoms with Crippen LogP contribution in [0.3, 0.4) is 0 Å². The molecule has 17 heavy (non-hydrogen) atoms. The number of methoxy groups -OCH3 is 1. The first-order valence-corrected chi connectivity index (χ1v) is 6.96. The first-order chi connectivity index (χ1) is 7.96. The highest BCUT2D eigenvalue weighted by Crippen LogP contribution is 2.21. The maximum atomic E-state index is 11.7. The standard InChI is InChI=1S/C11H18N2O3S/c1-9-10(12)5-3-6-11(9)13-17(14,15)8-4-7-16-2/h3,5-6,13H,4,7-8,12H2,1-2H3. The number of anilines is 2. The van der Waals surface area contributed by atoms with E-state index in [0.717, 1.165) is 5.56 Å². The average molecular weight is 258 g/mol. The number of rotatable bonds is 6. The molecule has 0 spiro atoms. The summed E-state index contributed by atoms with van der Waals surface area (Å²) in [5, 5.41) is 0. The number of nitrogens with one attached hydrogen (secondary N) is 1. The van der Waals surface area contributed by atoms with E-state index < -0.39 is 10.0 Å². The summed E-state index contributed by atoms with van der Waals surface area (Å²) in [5.41, 5.74) is 7.55. The number of sulfonamides is 1. The molecule has 0 aromatic heterocycles. The van der Waals surface area contributed by atoms with E-state index in [2.05, 4.69) is 4.72 Å². The molecule has 96 valence electrons. The third-order valence-electron chi connectivity index (χ3n) is 2.40. The lowest BCUT2D eigenvalue weighted by Gasteiger charge is -2.11. The molecular formula is C11H18N2O3S. The van der Waals surface area contributed by atoms with Gasteiger partial charge < -0.3 is 10.5 Å². The molecule has 0 aliphatic heterocycles. The van der Waals surface area contributed by atoms with E-state index >= 15 is 0 Å². The van der Waals surface area contributed by atoms with Gasteiger partial charge in [0.1, 0.15) is 0 Å². The minimum absolute atomic E-state index is 0.0368. The Morgan fingerprint density at radius 1 is 1.41 bits per heavy atom. The zero-order valence-corrected chi connectivity index (χ0v) is 10.9. The van der Waals surface area contributed by atoms with Crippen molar-refractivity contribution in [3.05, 3.63) is 23.8 Å². The fourth-order valence-corrected chi connectivity index (χ4v) is 2.53. The zero-order valence-electron chi connectivity index (χ0n) is 10.1. The van der Waals surface area contributed by atoms with Crippen LogP contribution in [0.15, 0.2) is 18.2 Å². The molecule has 0 fully saturated rings. The molecule has 6 heteroatoms. The van der Waals surface area contributed by atoms with Gasteiger partial charge in [-0.2, -0.15) is 0 Å². The predicted molar refractivity (Wildman–Crippen MR) is 69.5 cm³/mol. The van der Waals surface area contributed by atoms with Crippen LogP contribution in [0.1, 0.15) is 12.0 Å². The largest absolute Gasteiger partial charge is 0.398 e. The van der Waals surface area contributed by atoms with Gasteiger partial charge in [-0.3, -0.25) is 4.72 Å². The molecule has 0 amide bonds. The molecule has 0 heterocycles. The zero-order chi connectivity index (χ0) is 12.9. The third kappa shape index (κ3) is 4.24. The Balaban J connectivity index is 2.73. The van der Waals surface area contributed by atoms with Crippen LogP contribution >= 0.6 is 0 Å². The van der Waals surface area contributed by atoms with E-state index in [9.17, 15) is 8.42 Å². The van der Waals surface area contributed by atoms with Crippen molar-refractivity contribution in [3.8, 4) is 0 Å². The van der Waals surface area contributed by atoms with E-state index in [-0.39, 0.29) is 5.75 Å². The lowest BCUT2D eigenvalue weighted by Crippen LogP contribution is -2.18. The van der Waals surface area contributed by atoms with Crippen LogP contribution in [-0.2, 0) is 14.8 Å². The molecule has 0 unspecified atom stereocenters. The Morgan fingerprint density at radius 2 is 2.12 bits per heavy atom. The Bertz CT molecular complexity index is 472. The SMILES string of the molecule is COCCCS(=O)(=O)Nc1cccc(N)c1C. The van der Waals surface area contributed by atoms with Crippen molar-refractivity contribution in [1.82, 2.24) is 0 Å². The van der Waals surface area contributed by atoms with Gasteiger partial charge in [-0.1, -0.05) is 6.07 Å². The average Bonchev–Trinajstić information content (AvgIpc) is 2.25. The molecule has 1 aromatic carbocycles. The molecule has 1 aromatic rings. The monoisotopic (exact) mass is 258 g/mol. The topological polar surface area (TPSA) is 81.4 Å². The van der Waals surface area contributed by atoms with Crippen LogP contribution in [0.5, 0.6) is 0 Å². The van der Waals surface area contributed by atoms with Crippen molar-refractivity contribution < 1.29 is 13.2 Å². The number of nitrogens with two attached hydrogens (primary N) is 1. The van der Waals surface area contributed by atoms with E-state index in [1.54, 1.807) is 32.2 Å². The number of ether oxygens (including phenoxy) is 1. The number of benzene rings is 1. The fourth-order valence-electron chi connectivity index (χ4n) is 1.38. The van der Waals surface area contributed by atoms with Gasteiger partial charge in [-0.25, -0.2) is 8.42 Å². The number of nitrogen functional groups attached to an aromatic ring is 1. The summed E-state index contributed by atoms with van der Waals surface area (Å²) in [5.74, 6) is 0.0368. The van der Waals surface area contributed by atoms with Crippen molar-refractivity contribution in [2.45, 2.75) is 13.3 Å². The minimum Gasteiger partial charge on any atom is -0.398 e. The van der Waals surface area contributed by atoms with E-state index in [1.807, 2.05) is 0 Å². The van der Waals surface area contributed by atoms with Crippen LogP contribution in [0.25, 0.3) is 0 Å². The highest BCUT2D eigenvalue weighted by molar-refractivity contribution is 7.92. The Labute approximate surface area is 102 Å². The molecule has 0 aliphatic rings. The first kappa shape index (κ1) is 13.8. The van der Waals surface area contributed by atoms with Crippen molar-refractivity contribution in [1.29, 1.82) is 0 Å². The van der Waals surface area contributed by atoms with Gasteiger partial charge in [-0.15, -0.1) is 0 Å². The highest BCUT2D eigenvalue weighted by Gasteiger charge is 2.12. The highest BCUT2D eigenvalue weighted by atomic mass is 32.2. The quantitative estimate of drug-likeness (QED) is 0.596. The van der Waals surface area contributed by atoms with Crippen molar-refractivity contribution in [3.63, 3.8) is 0 Å². The molecule has 1 rings (SSSR count). The second-order valence-corrected chi connectivity index (χ2v) is 5.63. The van der Waals surface area contributed by atoms with Gasteiger partial charge in [0.25, 0.3) is 0 Å². The van der Waals surface area contributed by atoms with E-state index in [4.69, 9.17) is 10.5 Å². The van der Waals surface area contributed by atoms with Crippen LogP contribution < -0.4 is 10.5 Å². The predicted octanol–water partition coefficient (Wildman–Crippen LogP) is 1.36. The van der Waals surface area contributed by atoms with E-state index in [0.29, 0.717) is 24.4 Å². The minimum atomic E-state index is -3.33. The molecular weight excluding hydrogens is 240 g/mol. The lowest BCUT2D eigenvalue weighted by molar-refractivity contribution is 0.199. The van der Waals surface area contributed by atoms with Gasteiger partial charge in [0.15, 0.2) is 0 Å². The molecule has 0 atom stereocenters. The maximum Gasteiger partial charge on any atom is 0.232 e. The van der Waals surface area contributed by atoms with Gasteiger partial charge in [0, 0.05) is 19.4 Å². The van der Waals surface area contributed by atoms with Gasteiger partial charge in [0.05, 0.1) is 11.4 Å². The van der Waals surface area contributed by atoms with Gasteiger partial charge in [0.2, 0.25) is 10.0 Å². The smallest absolute Gasteiger partial charge is 0.232 e. The second-order valence-electron chi connectivity index (χ2n) is 3.79. The normalized spacial score (nSPS) is 11.4. The molecule has 0 saturated heterocycles. The second kappa shape index (κ2) is 5.88. The van der Waals surface area contributed by atoms with E-state index in [1.165, 1.54) is 0 Å². The molecule has 0 saturated carbocycles. The van der Waals surface area contributed by atoms with Crippen molar-refractivity contribution >= 4 is 21.4 Å². The lowest BCUT2D eigenvalue weighted by atomic mass is 10.2. The van der Waals surface area contributed by atoms with Gasteiger partial charge in [-0.05, 0) is 31.0 Å². The summed E-state index contributed by atoms with van der Waals surface area (Å²) in [6.07, 6.45) is 0.465. The Hall–Kier alpha value is -1.27. The summed E-state index contributed by atoms with van der Waals surface area (Å²) in [7, 11) is -1.79. The molecule has 0 bridgehead atoms. The molecule has 5 nitrogen and oxygen atoms in total. The summed E-state index contributed by atoms with van der Waals surface area (Å²) in [4.78, 5) is 0. The number of hydrogen-bond donors (Lipinski definition) is 2. The maximum absolute atomic E-state index is 11.7. The van der Waals surface area contributed by atoms with Crippen LogP contribution in [0.2, 0.25) is 0 Å². The third-order valence-corrected chi connectivity index (χ3v) is 3.76. The fraction of sp³-hybridized carbons (Fsp3) is 0.455. The summed E-state index contributed by atoms with van der Waals surface area (Å²) >= 11 is 0. The Kier molecular flexibility index (Phi) is 4.77. The summed E-state index contributed by atoms with van der Waals surface area (Å²) in [6.45, 7) is 2.21. The molecule has 0 aliphatic carbocycles. The van der Waals surface area contributed by atoms with Crippen LogP contribution in [-0.4, -0.2) is 27.9 Å². The van der Waals surface area contributed by atoms with Crippen LogP contribution in [0.4, 0.5) is 11.4 Å². The van der Waals surface area contributed by atoms with Gasteiger partial charge >= 0.3 is 0 Å². The summed E-state index contributed by atoms with van der Waals surface area (Å²) < 4.78 is 30.8.